The Labute approximate surface area is 120 Å². The van der Waals surface area contributed by atoms with Gasteiger partial charge in [0.1, 0.15) is 11.3 Å². The largest absolute Gasteiger partial charge is 0.481 e. The summed E-state index contributed by atoms with van der Waals surface area (Å²) in [6, 6.07) is 12.3. The molecule has 0 fully saturated rings. The first kappa shape index (κ1) is 13.0. The summed E-state index contributed by atoms with van der Waals surface area (Å²) in [5, 5.41) is 11.8. The number of nitrogens with zero attached hydrogens (tertiary/aromatic N) is 1. The first-order valence-electron chi connectivity index (χ1n) is 6.05. The van der Waals surface area contributed by atoms with Crippen LogP contribution in [0.5, 0.6) is 5.88 Å². The smallest absolute Gasteiger partial charge is 0.213 e. The summed E-state index contributed by atoms with van der Waals surface area (Å²) in [6.07, 6.45) is -0.948. The quantitative estimate of drug-likeness (QED) is 0.801. The van der Waals surface area contributed by atoms with E-state index >= 15 is 0 Å². The van der Waals surface area contributed by atoms with Gasteiger partial charge >= 0.3 is 0 Å². The molecule has 0 aliphatic rings. The van der Waals surface area contributed by atoms with Gasteiger partial charge in [-0.3, -0.25) is 0 Å². The Balaban J connectivity index is 2.00. The Hall–Kier alpha value is -2.04. The van der Waals surface area contributed by atoms with Gasteiger partial charge in [0.15, 0.2) is 6.10 Å². The highest BCUT2D eigenvalue weighted by atomic mass is 35.5. The maximum atomic E-state index is 10.3. The van der Waals surface area contributed by atoms with Crippen molar-refractivity contribution in [3.63, 3.8) is 0 Å². The van der Waals surface area contributed by atoms with Crippen LogP contribution in [0, 0.1) is 0 Å². The topological polar surface area (TPSA) is 55.5 Å². The molecule has 0 spiro atoms. The van der Waals surface area contributed by atoms with Crippen molar-refractivity contribution in [3.05, 3.63) is 58.9 Å². The van der Waals surface area contributed by atoms with Crippen LogP contribution in [0.4, 0.5) is 0 Å². The molecule has 4 nitrogen and oxygen atoms in total. The van der Waals surface area contributed by atoms with E-state index < -0.39 is 6.10 Å². The van der Waals surface area contributed by atoms with Gasteiger partial charge in [0.05, 0.1) is 12.8 Å². The number of aromatic nitrogens is 1. The molecule has 0 bridgehead atoms. The SMILES string of the molecule is COc1cccc(C(O)c2cc3cc(Cl)ccc3o2)n1. The van der Waals surface area contributed by atoms with Crippen molar-refractivity contribution in [1.82, 2.24) is 4.98 Å². The Morgan fingerprint density at radius 1 is 1.25 bits per heavy atom. The fourth-order valence-corrected chi connectivity index (χ4v) is 2.19. The summed E-state index contributed by atoms with van der Waals surface area (Å²) in [6.45, 7) is 0. The standard InChI is InChI=1S/C15H12ClNO3/c1-19-14-4-2-3-11(17-14)15(18)13-8-9-7-10(16)5-6-12(9)20-13/h2-8,15,18H,1H3. The van der Waals surface area contributed by atoms with Gasteiger partial charge in [-0.05, 0) is 30.3 Å². The van der Waals surface area contributed by atoms with Crippen molar-refractivity contribution in [2.75, 3.05) is 7.11 Å². The van der Waals surface area contributed by atoms with Crippen molar-refractivity contribution < 1.29 is 14.3 Å². The molecule has 0 saturated carbocycles. The maximum absolute atomic E-state index is 10.3. The fourth-order valence-electron chi connectivity index (χ4n) is 2.01. The van der Waals surface area contributed by atoms with E-state index in [0.717, 1.165) is 5.39 Å². The number of fused-ring (bicyclic) bond motifs is 1. The lowest BCUT2D eigenvalue weighted by atomic mass is 10.1. The van der Waals surface area contributed by atoms with Crippen molar-refractivity contribution in [2.45, 2.75) is 6.10 Å². The lowest BCUT2D eigenvalue weighted by Crippen LogP contribution is -2.01. The van der Waals surface area contributed by atoms with E-state index in [1.54, 1.807) is 42.5 Å². The summed E-state index contributed by atoms with van der Waals surface area (Å²) in [5.74, 6) is 0.865. The average Bonchev–Trinajstić information content (AvgIpc) is 2.89. The minimum Gasteiger partial charge on any atom is -0.481 e. The fraction of sp³-hybridized carbons (Fsp3) is 0.133. The van der Waals surface area contributed by atoms with E-state index in [1.807, 2.05) is 0 Å². The summed E-state index contributed by atoms with van der Waals surface area (Å²) in [7, 11) is 1.53. The third-order valence-corrected chi connectivity index (χ3v) is 3.24. The van der Waals surface area contributed by atoms with E-state index in [0.29, 0.717) is 27.9 Å². The van der Waals surface area contributed by atoms with Gasteiger partial charge in [-0.2, -0.15) is 0 Å². The average molecular weight is 290 g/mol. The van der Waals surface area contributed by atoms with Crippen molar-refractivity contribution in [3.8, 4) is 5.88 Å². The molecule has 20 heavy (non-hydrogen) atoms. The molecule has 3 aromatic rings. The molecule has 1 atom stereocenters. The molecule has 0 amide bonds. The number of hydrogen-bond acceptors (Lipinski definition) is 4. The molecule has 5 heteroatoms. The molecule has 3 rings (SSSR count). The Bertz CT molecular complexity index is 754. The zero-order chi connectivity index (χ0) is 14.1. The van der Waals surface area contributed by atoms with Gasteiger partial charge in [-0.25, -0.2) is 4.98 Å². The zero-order valence-electron chi connectivity index (χ0n) is 10.7. The second-order valence-electron chi connectivity index (χ2n) is 4.34. The lowest BCUT2D eigenvalue weighted by Gasteiger charge is -2.08. The number of furan rings is 1. The number of aliphatic hydroxyl groups is 1. The number of rotatable bonds is 3. The molecule has 0 aliphatic heterocycles. The highest BCUT2D eigenvalue weighted by Gasteiger charge is 2.17. The highest BCUT2D eigenvalue weighted by Crippen LogP contribution is 2.29. The van der Waals surface area contributed by atoms with Crippen LogP contribution in [-0.4, -0.2) is 17.2 Å². The van der Waals surface area contributed by atoms with Crippen LogP contribution < -0.4 is 4.74 Å². The first-order chi connectivity index (χ1) is 9.67. The summed E-state index contributed by atoms with van der Waals surface area (Å²) in [5.41, 5.74) is 1.14. The molecule has 2 aromatic heterocycles. The number of methoxy groups -OCH3 is 1. The molecular formula is C15H12ClNO3. The number of ether oxygens (including phenoxy) is 1. The van der Waals surface area contributed by atoms with E-state index in [9.17, 15) is 5.11 Å². The number of aliphatic hydroxyl groups excluding tert-OH is 1. The molecule has 102 valence electrons. The number of benzene rings is 1. The summed E-state index contributed by atoms with van der Waals surface area (Å²) in [4.78, 5) is 4.20. The van der Waals surface area contributed by atoms with Crippen LogP contribution >= 0.6 is 11.6 Å². The Kier molecular flexibility index (Phi) is 3.34. The second kappa shape index (κ2) is 5.15. The molecule has 0 aliphatic carbocycles. The van der Waals surface area contributed by atoms with E-state index in [-0.39, 0.29) is 0 Å². The lowest BCUT2D eigenvalue weighted by molar-refractivity contribution is 0.186. The van der Waals surface area contributed by atoms with E-state index in [4.69, 9.17) is 20.8 Å². The van der Waals surface area contributed by atoms with Gasteiger partial charge < -0.3 is 14.3 Å². The van der Waals surface area contributed by atoms with Gasteiger partial charge in [0, 0.05) is 16.5 Å². The summed E-state index contributed by atoms with van der Waals surface area (Å²) < 4.78 is 10.7. The van der Waals surface area contributed by atoms with E-state index in [2.05, 4.69) is 4.98 Å². The van der Waals surface area contributed by atoms with Gasteiger partial charge in [-0.15, -0.1) is 0 Å². The molecular weight excluding hydrogens is 278 g/mol. The normalized spacial score (nSPS) is 12.6. The van der Waals surface area contributed by atoms with Crippen LogP contribution in [0.25, 0.3) is 11.0 Å². The minimum absolute atomic E-state index is 0.419. The van der Waals surface area contributed by atoms with Gasteiger partial charge in [-0.1, -0.05) is 17.7 Å². The van der Waals surface area contributed by atoms with Crippen LogP contribution in [0.15, 0.2) is 46.9 Å². The predicted molar refractivity (Wildman–Crippen MR) is 76.1 cm³/mol. The molecule has 2 heterocycles. The number of pyridine rings is 1. The van der Waals surface area contributed by atoms with Gasteiger partial charge in [0.25, 0.3) is 0 Å². The summed E-state index contributed by atoms with van der Waals surface area (Å²) >= 11 is 5.93. The molecule has 0 radical (unpaired) electrons. The van der Waals surface area contributed by atoms with E-state index in [1.165, 1.54) is 7.11 Å². The van der Waals surface area contributed by atoms with Crippen molar-refractivity contribution >= 4 is 22.6 Å². The molecule has 1 unspecified atom stereocenters. The Morgan fingerprint density at radius 3 is 2.90 bits per heavy atom. The number of halogens is 1. The minimum atomic E-state index is -0.948. The third-order valence-electron chi connectivity index (χ3n) is 3.00. The molecule has 1 aromatic carbocycles. The maximum Gasteiger partial charge on any atom is 0.213 e. The molecule has 1 N–H and O–H groups in total. The Morgan fingerprint density at radius 2 is 2.10 bits per heavy atom. The first-order valence-corrected chi connectivity index (χ1v) is 6.43. The third kappa shape index (κ3) is 2.35. The van der Waals surface area contributed by atoms with Crippen molar-refractivity contribution in [1.29, 1.82) is 0 Å². The van der Waals surface area contributed by atoms with Crippen molar-refractivity contribution in [2.24, 2.45) is 0 Å². The molecule has 0 saturated heterocycles. The van der Waals surface area contributed by atoms with Crippen LogP contribution in [0.2, 0.25) is 5.02 Å². The van der Waals surface area contributed by atoms with Crippen LogP contribution in [0.3, 0.4) is 0 Å². The second-order valence-corrected chi connectivity index (χ2v) is 4.77. The van der Waals surface area contributed by atoms with Crippen LogP contribution in [0.1, 0.15) is 17.6 Å². The monoisotopic (exact) mass is 289 g/mol. The zero-order valence-corrected chi connectivity index (χ0v) is 11.5. The highest BCUT2D eigenvalue weighted by molar-refractivity contribution is 6.31. The van der Waals surface area contributed by atoms with Crippen LogP contribution in [-0.2, 0) is 0 Å². The van der Waals surface area contributed by atoms with Gasteiger partial charge in [0.2, 0.25) is 5.88 Å². The predicted octanol–water partition coefficient (Wildman–Crippen LogP) is 3.57. The number of hydrogen-bond donors (Lipinski definition) is 1.